The molecule has 21 nitrogen and oxygen atoms in total. The van der Waals surface area contributed by atoms with Crippen LogP contribution < -0.4 is 41.8 Å². The Kier molecular flexibility index (Phi) is 37.2. The van der Waals surface area contributed by atoms with Crippen LogP contribution in [0.15, 0.2) is 305 Å². The number of hydrogen-bond donors (Lipinski definition) is 6. The average molecular weight is 1950 g/mol. The number of hydrogen-bond acceptors (Lipinski definition) is 15. The highest BCUT2D eigenvalue weighted by Crippen LogP contribution is 2.42. The fraction of sp³-hybridized carbons (Fsp3) is 0.331. The number of benzene rings is 8. The van der Waals surface area contributed by atoms with Gasteiger partial charge in [-0.1, -0.05) is 251 Å². The first kappa shape index (κ1) is 113. The molecule has 8 aromatic carbocycles. The van der Waals surface area contributed by atoms with Crippen molar-refractivity contribution in [2.75, 3.05) is 27.9 Å². The molecule has 14 aromatic rings. The maximum absolute atomic E-state index is 13.9. The number of rotatable bonds is 11. The molecule has 6 N–H and O–H groups in total. The topological polar surface area (TPSA) is 267 Å². The van der Waals surface area contributed by atoms with Gasteiger partial charge in [0.15, 0.2) is 0 Å². The van der Waals surface area contributed by atoms with Gasteiger partial charge in [-0.3, -0.25) is 24.2 Å². The fourth-order valence-corrected chi connectivity index (χ4v) is 15.9. The zero-order chi connectivity index (χ0) is 107. The highest BCUT2D eigenvalue weighted by molar-refractivity contribution is 5.90. The molecule has 0 saturated carbocycles. The highest BCUT2D eigenvalue weighted by atomic mass is 19.1. The molecule has 0 amide bonds. The number of ether oxygens (including phenoxy) is 3. The quantitative estimate of drug-likeness (QED) is 0.0703. The first-order chi connectivity index (χ1) is 67.2. The van der Waals surface area contributed by atoms with Crippen LogP contribution in [0.4, 0.5) is 8.78 Å². The highest BCUT2D eigenvalue weighted by Gasteiger charge is 2.27. The number of aromatic nitrogens is 8. The van der Waals surface area contributed by atoms with E-state index in [9.17, 15) is 48.4 Å². The zero-order valence-corrected chi connectivity index (χ0v) is 89.4. The number of aliphatic hydroxyl groups excluding tert-OH is 1. The Morgan fingerprint density at radius 3 is 1.19 bits per heavy atom. The van der Waals surface area contributed by atoms with Gasteiger partial charge in [0.1, 0.15) is 52.4 Å². The number of phenols is 3. The molecule has 0 aliphatic carbocycles. The van der Waals surface area contributed by atoms with Crippen LogP contribution >= 0.6 is 0 Å². The number of pyridine rings is 4. The zero-order valence-electron chi connectivity index (χ0n) is 89.4. The normalized spacial score (nSPS) is 12.9. The van der Waals surface area contributed by atoms with E-state index in [2.05, 4.69) is 180 Å². The number of dihydropyridines is 1. The van der Waals surface area contributed by atoms with Gasteiger partial charge in [0.05, 0.1) is 39.9 Å². The minimum atomic E-state index is -0.629. The molecule has 1 unspecified atom stereocenters. The average Bonchev–Trinajstić information content (AvgIpc) is 1.27. The lowest BCUT2D eigenvalue weighted by Gasteiger charge is -2.22. The summed E-state index contributed by atoms with van der Waals surface area (Å²) in [6.45, 7) is 50.8. The van der Waals surface area contributed by atoms with Gasteiger partial charge in [-0.2, -0.15) is 5.10 Å². The third-order valence-corrected chi connectivity index (χ3v) is 24.1. The summed E-state index contributed by atoms with van der Waals surface area (Å²) in [7, 11) is 10.3. The van der Waals surface area contributed by atoms with Gasteiger partial charge in [-0.25, -0.2) is 18.4 Å². The Balaban J connectivity index is 0.000000184. The summed E-state index contributed by atoms with van der Waals surface area (Å²) < 4.78 is 52.6. The van der Waals surface area contributed by atoms with Gasteiger partial charge < -0.3 is 63.2 Å². The van der Waals surface area contributed by atoms with Crippen LogP contribution in [0, 0.1) is 11.6 Å². The predicted molar refractivity (Wildman–Crippen MR) is 586 cm³/mol. The number of aryl methyl sites for hydroxylation is 3. The number of imidazole rings is 1. The maximum atomic E-state index is 13.9. The molecule has 23 heteroatoms. The Labute approximate surface area is 848 Å². The van der Waals surface area contributed by atoms with E-state index in [0.717, 1.165) is 129 Å². The second kappa shape index (κ2) is 47.5. The van der Waals surface area contributed by atoms with Crippen LogP contribution in [0.1, 0.15) is 222 Å². The van der Waals surface area contributed by atoms with Crippen molar-refractivity contribution in [2.45, 2.75) is 216 Å². The van der Waals surface area contributed by atoms with E-state index in [1.54, 1.807) is 171 Å². The number of nitrogens with one attached hydrogen (secondary N) is 2. The van der Waals surface area contributed by atoms with Crippen LogP contribution in [0.3, 0.4) is 0 Å². The van der Waals surface area contributed by atoms with Crippen molar-refractivity contribution in [3.8, 4) is 90.4 Å². The first-order valence-electron chi connectivity index (χ1n) is 48.1. The number of allylic oxidation sites excluding steroid dienone is 3. The Bertz CT molecular complexity index is 7120. The molecule has 0 fully saturated rings. The van der Waals surface area contributed by atoms with Crippen molar-refractivity contribution in [1.29, 1.82) is 0 Å². The molecule has 16 rings (SSSR count). The SMILES string of the molecule is CC(C)(C)c1cc(-n2cccn2)ccc1O.CC(C)(C)c1ccc(-n2ccnc2)cc1F.CC(C)(C)c1ccc(C2=CC=NC2)cc1F.CC(C)(C)c1ccc(C2=CNC(O)C=C2)cc1O.COc1cc(-c2ccc(=O)[nH]c2)ccc1C(C)(C)C.COc1cc(-c2ccc(=O)n(C)c2)ccc1C(C)(C)C.COc1cc(-c2ccn(C)c(=O)c2)ccc1C(C)(C)C.Cn1cc(-c2ccc(C(C)(C)C)c(O)c2)ccc1=O. The number of aromatic amines is 1. The number of H-pyrrole nitrogens is 1. The Morgan fingerprint density at radius 2 is 0.799 bits per heavy atom. The number of aliphatic hydroxyl groups is 1. The molecule has 144 heavy (non-hydrogen) atoms. The summed E-state index contributed by atoms with van der Waals surface area (Å²) in [6.07, 6.45) is 24.2. The smallest absolute Gasteiger partial charge is 0.250 e. The molecule has 2 aliphatic rings. The summed E-state index contributed by atoms with van der Waals surface area (Å²) in [4.78, 5) is 56.4. The summed E-state index contributed by atoms with van der Waals surface area (Å²) >= 11 is 0. The fourth-order valence-electron chi connectivity index (χ4n) is 15.9. The number of methoxy groups -OCH3 is 3. The summed E-state index contributed by atoms with van der Waals surface area (Å²) in [5.41, 5.74) is 20.6. The molecule has 0 bridgehead atoms. The minimum Gasteiger partial charge on any atom is -0.508 e. The van der Waals surface area contributed by atoms with Crippen LogP contribution in [0.25, 0.3) is 67.0 Å². The van der Waals surface area contributed by atoms with E-state index in [1.807, 2.05) is 175 Å². The van der Waals surface area contributed by atoms with Crippen molar-refractivity contribution in [3.05, 3.63) is 389 Å². The van der Waals surface area contributed by atoms with E-state index in [4.69, 9.17) is 14.2 Å². The van der Waals surface area contributed by atoms with Crippen LogP contribution in [0.2, 0.25) is 0 Å². The lowest BCUT2D eigenvalue weighted by Crippen LogP contribution is -2.23. The maximum Gasteiger partial charge on any atom is 0.250 e. The Hall–Kier alpha value is -14.7. The predicted octanol–water partition coefficient (Wildman–Crippen LogP) is 25.4. The third kappa shape index (κ3) is 31.2. The van der Waals surface area contributed by atoms with Gasteiger partial charge in [0, 0.05) is 119 Å². The standard InChI is InChI=1S/2C17H21NO2.2C16H19NO2.C15H19NO2.C14H16FN.C13H15FN2.C13H16N2O/c1-17(2,3)14-8-6-12(10-15(14)20-5)13-7-9-16(19)18(4)11-13;1-17(2,3)14-7-6-12(10-15(14)20-5)13-8-9-18(4)16(19)11-13;1-16(2,3)13-7-5-11(9-14(13)19-4)12-6-8-15(18)17-10-12;1-16(2,3)13-7-5-11(9-14(13)18)12-6-8-15(19)17(4)10-12;1-15(2,3)12-6-4-10(8-13(12)17)11-5-7-14(18)16-9-11;1-14(2,3)12-5-4-10(8-13(12)15)11-6-7-16-9-11;1-13(2,3)11-5-4-10(8-12(11)14)16-7-6-15-9-16;1-13(2,3)11-9-10(5-6-12(11)16)15-8-4-7-14-15/h2*6-11H,1-5H3;5-10H,1-4H3,(H,17,18);5-10,18H,1-4H3;4-9,14,16-18H,1-3H3;4-8H,9H2,1-3H3;4-9H,1-3H3;4-9,16H,1-3H3. The van der Waals surface area contributed by atoms with Gasteiger partial charge >= 0.3 is 0 Å². The van der Waals surface area contributed by atoms with E-state index in [1.165, 1.54) is 27.8 Å². The molecule has 0 spiro atoms. The van der Waals surface area contributed by atoms with E-state index in [-0.39, 0.29) is 77.2 Å². The van der Waals surface area contributed by atoms with Crippen molar-refractivity contribution >= 4 is 17.4 Å². The van der Waals surface area contributed by atoms with Crippen molar-refractivity contribution < 1.29 is 43.4 Å². The molecule has 760 valence electrons. The second-order valence-corrected chi connectivity index (χ2v) is 44.0. The molecular weight excluding hydrogens is 1810 g/mol. The lowest BCUT2D eigenvalue weighted by molar-refractivity contribution is 0.201. The van der Waals surface area contributed by atoms with E-state index in [0.29, 0.717) is 23.8 Å². The number of aliphatic imine (C=N–C) groups is 1. The second-order valence-electron chi connectivity index (χ2n) is 44.0. The van der Waals surface area contributed by atoms with Crippen molar-refractivity contribution in [3.63, 3.8) is 0 Å². The van der Waals surface area contributed by atoms with Crippen molar-refractivity contribution in [2.24, 2.45) is 26.1 Å². The molecular formula is C121H146F2N10O11. The monoisotopic (exact) mass is 1950 g/mol. The van der Waals surface area contributed by atoms with E-state index >= 15 is 0 Å². The number of nitrogens with zero attached hydrogens (tertiary/aromatic N) is 8. The number of phenolic OH excluding ortho intramolecular Hbond substituents is 3. The molecule has 0 radical (unpaired) electrons. The number of halogens is 2. The van der Waals surface area contributed by atoms with Crippen LogP contribution in [-0.4, -0.2) is 98.8 Å². The molecule has 2 aliphatic heterocycles. The molecule has 1 atom stereocenters. The summed E-state index contributed by atoms with van der Waals surface area (Å²) in [6, 6.07) is 61.6. The number of aromatic hydroxyl groups is 3. The lowest BCUT2D eigenvalue weighted by atomic mass is 9.85. The molecule has 6 aromatic heterocycles. The van der Waals surface area contributed by atoms with Crippen molar-refractivity contribution in [1.82, 2.24) is 43.3 Å². The Morgan fingerprint density at radius 1 is 0.382 bits per heavy atom. The minimum absolute atomic E-state index is 0.00738. The third-order valence-electron chi connectivity index (χ3n) is 24.1. The summed E-state index contributed by atoms with van der Waals surface area (Å²) in [5, 5.41) is 46.4. The van der Waals surface area contributed by atoms with Crippen LogP contribution in [-0.2, 0) is 64.5 Å². The molecule has 8 heterocycles. The van der Waals surface area contributed by atoms with E-state index < -0.39 is 6.23 Å². The first-order valence-corrected chi connectivity index (χ1v) is 48.1. The van der Waals surface area contributed by atoms with Gasteiger partial charge in [-0.15, -0.1) is 0 Å². The van der Waals surface area contributed by atoms with Crippen LogP contribution in [0.5, 0.6) is 34.5 Å². The van der Waals surface area contributed by atoms with Gasteiger partial charge in [0.25, 0.3) is 5.56 Å². The summed E-state index contributed by atoms with van der Waals surface area (Å²) in [5.74, 6) is 3.25. The van der Waals surface area contributed by atoms with Gasteiger partial charge in [0.2, 0.25) is 16.7 Å². The van der Waals surface area contributed by atoms with Gasteiger partial charge in [-0.05, 0) is 258 Å². The largest absolute Gasteiger partial charge is 0.508 e. The molecule has 0 saturated heterocycles.